The van der Waals surface area contributed by atoms with Crippen LogP contribution in [0.25, 0.3) is 0 Å². The number of rotatable bonds is 5. The van der Waals surface area contributed by atoms with Gasteiger partial charge < -0.3 is 10.6 Å². The molecule has 19 heavy (non-hydrogen) atoms. The van der Waals surface area contributed by atoms with Gasteiger partial charge in [-0.25, -0.2) is 4.98 Å². The molecule has 1 aromatic carbocycles. The molecule has 3 nitrogen and oxygen atoms in total. The van der Waals surface area contributed by atoms with Gasteiger partial charge in [0.1, 0.15) is 0 Å². The predicted molar refractivity (Wildman–Crippen MR) is 85.1 cm³/mol. The highest BCUT2D eigenvalue weighted by Gasteiger charge is 2.12. The fourth-order valence-corrected chi connectivity index (χ4v) is 3.57. The van der Waals surface area contributed by atoms with Crippen molar-refractivity contribution in [1.29, 1.82) is 0 Å². The molecule has 0 fully saturated rings. The van der Waals surface area contributed by atoms with Gasteiger partial charge in [-0.3, -0.25) is 0 Å². The van der Waals surface area contributed by atoms with Gasteiger partial charge in [-0.1, -0.05) is 6.07 Å². The van der Waals surface area contributed by atoms with Gasteiger partial charge in [0.25, 0.3) is 0 Å². The number of benzene rings is 1. The molecular weight excluding hydrogens is 274 g/mol. The van der Waals surface area contributed by atoms with Crippen molar-refractivity contribution in [1.82, 2.24) is 4.98 Å². The van der Waals surface area contributed by atoms with Crippen LogP contribution in [0.1, 0.15) is 16.1 Å². The monoisotopic (exact) mass is 293 g/mol. The minimum absolute atomic E-state index is 0.568. The molecule has 0 aliphatic rings. The maximum atomic E-state index is 5.92. The second kappa shape index (κ2) is 6.41. The molecule has 5 heteroatoms. The second-order valence-electron chi connectivity index (χ2n) is 4.38. The van der Waals surface area contributed by atoms with Crippen LogP contribution in [0.5, 0.6) is 0 Å². The Morgan fingerprint density at radius 2 is 2.21 bits per heavy atom. The van der Waals surface area contributed by atoms with Crippen molar-refractivity contribution < 1.29 is 0 Å². The molecule has 2 aromatic rings. The van der Waals surface area contributed by atoms with E-state index in [1.54, 1.807) is 23.1 Å². The maximum absolute atomic E-state index is 5.92. The van der Waals surface area contributed by atoms with E-state index in [0.29, 0.717) is 6.54 Å². The number of thiazole rings is 1. The summed E-state index contributed by atoms with van der Waals surface area (Å²) in [4.78, 5) is 9.12. The topological polar surface area (TPSA) is 42.2 Å². The number of hydrogen-bond acceptors (Lipinski definition) is 5. The molecular formula is C14H19N3S2. The van der Waals surface area contributed by atoms with Crippen molar-refractivity contribution in [3.8, 4) is 0 Å². The number of hydrogen-bond donors (Lipinski definition) is 1. The average Bonchev–Trinajstić information content (AvgIpc) is 2.83. The van der Waals surface area contributed by atoms with Crippen molar-refractivity contribution in [3.63, 3.8) is 0 Å². The van der Waals surface area contributed by atoms with Gasteiger partial charge in [0.2, 0.25) is 0 Å². The zero-order chi connectivity index (χ0) is 13.8. The van der Waals surface area contributed by atoms with E-state index in [-0.39, 0.29) is 0 Å². The molecule has 0 atom stereocenters. The summed E-state index contributed by atoms with van der Waals surface area (Å²) < 4.78 is 0. The number of aromatic nitrogens is 1. The van der Waals surface area contributed by atoms with E-state index < -0.39 is 0 Å². The van der Waals surface area contributed by atoms with E-state index in [2.05, 4.69) is 48.3 Å². The Bertz CT molecular complexity index is 551. The zero-order valence-corrected chi connectivity index (χ0v) is 13.1. The SMILES string of the molecule is CSc1cccc(N(C)Cc2scnc2C)c1CN. The van der Waals surface area contributed by atoms with E-state index in [9.17, 15) is 0 Å². The van der Waals surface area contributed by atoms with E-state index >= 15 is 0 Å². The largest absolute Gasteiger partial charge is 0.369 e. The summed E-state index contributed by atoms with van der Waals surface area (Å²) in [7, 11) is 2.11. The van der Waals surface area contributed by atoms with Crippen LogP contribution in [0.15, 0.2) is 28.6 Å². The van der Waals surface area contributed by atoms with Gasteiger partial charge >= 0.3 is 0 Å². The lowest BCUT2D eigenvalue weighted by Crippen LogP contribution is -2.19. The van der Waals surface area contributed by atoms with Crippen LogP contribution in [0.4, 0.5) is 5.69 Å². The summed E-state index contributed by atoms with van der Waals surface area (Å²) in [6.45, 7) is 3.50. The van der Waals surface area contributed by atoms with Crippen molar-refractivity contribution >= 4 is 28.8 Å². The van der Waals surface area contributed by atoms with Crippen LogP contribution < -0.4 is 10.6 Å². The van der Waals surface area contributed by atoms with E-state index in [1.165, 1.54) is 21.0 Å². The third kappa shape index (κ3) is 3.11. The molecule has 0 spiro atoms. The fraction of sp³-hybridized carbons (Fsp3) is 0.357. The first kappa shape index (κ1) is 14.4. The molecule has 2 rings (SSSR count). The Kier molecular flexibility index (Phi) is 4.85. The highest BCUT2D eigenvalue weighted by Crippen LogP contribution is 2.30. The number of aryl methyl sites for hydroxylation is 1. The lowest BCUT2D eigenvalue weighted by Gasteiger charge is -2.23. The van der Waals surface area contributed by atoms with Crippen LogP contribution >= 0.6 is 23.1 Å². The van der Waals surface area contributed by atoms with E-state index in [0.717, 1.165) is 12.2 Å². The first-order chi connectivity index (χ1) is 9.17. The molecule has 0 bridgehead atoms. The lowest BCUT2D eigenvalue weighted by atomic mass is 10.1. The molecule has 2 N–H and O–H groups in total. The van der Waals surface area contributed by atoms with Gasteiger partial charge in [0.15, 0.2) is 0 Å². The predicted octanol–water partition coefficient (Wildman–Crippen LogP) is 3.27. The molecule has 0 aliphatic carbocycles. The number of nitrogens with two attached hydrogens (primary N) is 1. The first-order valence-electron chi connectivity index (χ1n) is 6.13. The van der Waals surface area contributed by atoms with Gasteiger partial charge in [0, 0.05) is 34.6 Å². The Labute approximate surface area is 122 Å². The van der Waals surface area contributed by atoms with Crippen LogP contribution in [-0.4, -0.2) is 18.3 Å². The zero-order valence-electron chi connectivity index (χ0n) is 11.5. The normalized spacial score (nSPS) is 10.7. The highest BCUT2D eigenvalue weighted by atomic mass is 32.2. The van der Waals surface area contributed by atoms with E-state index in [1.807, 2.05) is 5.51 Å². The maximum Gasteiger partial charge on any atom is 0.0798 e. The molecule has 0 amide bonds. The molecule has 0 saturated carbocycles. The van der Waals surface area contributed by atoms with Gasteiger partial charge in [-0.15, -0.1) is 23.1 Å². The Hall–Kier alpha value is -1.04. The minimum atomic E-state index is 0.568. The highest BCUT2D eigenvalue weighted by molar-refractivity contribution is 7.98. The summed E-state index contributed by atoms with van der Waals surface area (Å²) in [6.07, 6.45) is 2.09. The average molecular weight is 293 g/mol. The van der Waals surface area contributed by atoms with Crippen LogP contribution in [0.3, 0.4) is 0 Å². The Morgan fingerprint density at radius 3 is 2.79 bits per heavy atom. The minimum Gasteiger partial charge on any atom is -0.369 e. The summed E-state index contributed by atoms with van der Waals surface area (Å²) in [5, 5.41) is 0. The van der Waals surface area contributed by atoms with Crippen molar-refractivity contribution in [2.24, 2.45) is 5.73 Å². The van der Waals surface area contributed by atoms with Gasteiger partial charge in [-0.05, 0) is 25.3 Å². The molecule has 0 saturated heterocycles. The third-order valence-corrected chi connectivity index (χ3v) is 4.91. The molecule has 0 aliphatic heterocycles. The fourth-order valence-electron chi connectivity index (χ4n) is 2.09. The summed E-state index contributed by atoms with van der Waals surface area (Å²) in [5.74, 6) is 0. The molecule has 0 radical (unpaired) electrons. The number of thioether (sulfide) groups is 1. The molecule has 1 aromatic heterocycles. The second-order valence-corrected chi connectivity index (χ2v) is 6.17. The van der Waals surface area contributed by atoms with Crippen LogP contribution in [0, 0.1) is 6.92 Å². The summed E-state index contributed by atoms with van der Waals surface area (Å²) in [5.41, 5.74) is 11.4. The smallest absolute Gasteiger partial charge is 0.0798 e. The Balaban J connectivity index is 2.28. The van der Waals surface area contributed by atoms with Gasteiger partial charge in [0.05, 0.1) is 17.7 Å². The summed E-state index contributed by atoms with van der Waals surface area (Å²) in [6, 6.07) is 6.36. The quantitative estimate of drug-likeness (QED) is 0.859. The molecule has 1 heterocycles. The standard InChI is InChI=1S/C14H19N3S2/c1-10-14(19-9-16-10)8-17(2)12-5-4-6-13(18-3)11(12)7-15/h4-6,9H,7-8,15H2,1-3H3. The van der Waals surface area contributed by atoms with E-state index in [4.69, 9.17) is 5.73 Å². The number of anilines is 1. The van der Waals surface area contributed by atoms with Crippen molar-refractivity contribution in [2.75, 3.05) is 18.2 Å². The Morgan fingerprint density at radius 1 is 1.42 bits per heavy atom. The van der Waals surface area contributed by atoms with Crippen LogP contribution in [-0.2, 0) is 13.1 Å². The van der Waals surface area contributed by atoms with Crippen LogP contribution in [0.2, 0.25) is 0 Å². The van der Waals surface area contributed by atoms with Crippen molar-refractivity contribution in [2.45, 2.75) is 24.9 Å². The summed E-state index contributed by atoms with van der Waals surface area (Å²) >= 11 is 3.45. The molecule has 0 unspecified atom stereocenters. The van der Waals surface area contributed by atoms with Gasteiger partial charge in [-0.2, -0.15) is 0 Å². The molecule has 102 valence electrons. The first-order valence-corrected chi connectivity index (χ1v) is 8.23. The lowest BCUT2D eigenvalue weighted by molar-refractivity contribution is 0.897. The van der Waals surface area contributed by atoms with Crippen molar-refractivity contribution in [3.05, 3.63) is 39.8 Å². The third-order valence-electron chi connectivity index (χ3n) is 3.17. The number of nitrogens with zero attached hydrogens (tertiary/aromatic N) is 2.